The van der Waals surface area contributed by atoms with Gasteiger partial charge >= 0.3 is 12.0 Å². The van der Waals surface area contributed by atoms with E-state index in [1.54, 1.807) is 6.92 Å². The molecule has 0 N–H and O–H groups in total. The van der Waals surface area contributed by atoms with Crippen molar-refractivity contribution in [2.24, 2.45) is 0 Å². The lowest BCUT2D eigenvalue weighted by Gasteiger charge is -2.25. The zero-order chi connectivity index (χ0) is 13.5. The fourth-order valence-corrected chi connectivity index (χ4v) is 2.07. The van der Waals surface area contributed by atoms with Crippen molar-refractivity contribution < 1.29 is 18.7 Å². The van der Waals surface area contributed by atoms with Gasteiger partial charge in [0.1, 0.15) is 12.9 Å². The van der Waals surface area contributed by atoms with Crippen LogP contribution in [0.5, 0.6) is 6.08 Å². The summed E-state index contributed by atoms with van der Waals surface area (Å²) in [6, 6.07) is 0. The van der Waals surface area contributed by atoms with Gasteiger partial charge in [-0.15, -0.1) is 0 Å². The van der Waals surface area contributed by atoms with E-state index in [1.165, 1.54) is 25.5 Å². The fraction of sp³-hybridized carbons (Fsp3) is 0.692. The Morgan fingerprint density at radius 2 is 2.21 bits per heavy atom. The Balaban J connectivity index is 1.72. The molecule has 1 saturated heterocycles. The summed E-state index contributed by atoms with van der Waals surface area (Å²) in [6.07, 6.45) is 5.21. The van der Waals surface area contributed by atoms with Crippen molar-refractivity contribution in [2.75, 3.05) is 32.8 Å². The average molecular weight is 268 g/mol. The van der Waals surface area contributed by atoms with E-state index in [-0.39, 0.29) is 11.8 Å². The maximum atomic E-state index is 11.4. The molecule has 0 aliphatic carbocycles. The van der Waals surface area contributed by atoms with Crippen LogP contribution in [0.25, 0.3) is 0 Å². The third kappa shape index (κ3) is 4.24. The molecule has 2 rings (SSSR count). The topological polar surface area (TPSA) is 64.8 Å². The van der Waals surface area contributed by atoms with Gasteiger partial charge in [0.15, 0.2) is 5.69 Å². The first-order valence-electron chi connectivity index (χ1n) is 6.77. The monoisotopic (exact) mass is 268 g/mol. The number of ether oxygens (including phenoxy) is 2. The van der Waals surface area contributed by atoms with Crippen LogP contribution in [0, 0.1) is 0 Å². The summed E-state index contributed by atoms with van der Waals surface area (Å²) in [5.41, 5.74) is 0.148. The van der Waals surface area contributed by atoms with Gasteiger partial charge in [-0.05, 0) is 32.9 Å². The van der Waals surface area contributed by atoms with Gasteiger partial charge in [0.05, 0.1) is 6.61 Å². The lowest BCUT2D eigenvalue weighted by molar-refractivity contribution is 0.0519. The number of hydrogen-bond donors (Lipinski definition) is 0. The van der Waals surface area contributed by atoms with Gasteiger partial charge in [-0.3, -0.25) is 4.90 Å². The lowest BCUT2D eigenvalue weighted by Crippen LogP contribution is -2.33. The SMILES string of the molecule is CCOC(=O)c1coc(OCCN2CCCCC2)n1. The normalized spacial score (nSPS) is 16.3. The highest BCUT2D eigenvalue weighted by Crippen LogP contribution is 2.12. The molecule has 1 aromatic heterocycles. The van der Waals surface area contributed by atoms with E-state index >= 15 is 0 Å². The summed E-state index contributed by atoms with van der Waals surface area (Å²) in [4.78, 5) is 17.7. The zero-order valence-corrected chi connectivity index (χ0v) is 11.3. The predicted molar refractivity (Wildman–Crippen MR) is 68.2 cm³/mol. The van der Waals surface area contributed by atoms with Crippen molar-refractivity contribution >= 4 is 5.97 Å². The van der Waals surface area contributed by atoms with Gasteiger partial charge in [-0.1, -0.05) is 6.42 Å². The summed E-state index contributed by atoms with van der Waals surface area (Å²) in [5.74, 6) is -0.489. The fourth-order valence-electron chi connectivity index (χ4n) is 2.07. The Morgan fingerprint density at radius 1 is 1.42 bits per heavy atom. The van der Waals surface area contributed by atoms with Crippen LogP contribution in [0.1, 0.15) is 36.7 Å². The Labute approximate surface area is 112 Å². The van der Waals surface area contributed by atoms with Crippen molar-refractivity contribution in [2.45, 2.75) is 26.2 Å². The molecule has 0 spiro atoms. The quantitative estimate of drug-likeness (QED) is 0.732. The standard InChI is InChI=1S/C13H20N2O4/c1-2-17-12(16)11-10-19-13(14-11)18-9-8-15-6-4-3-5-7-15/h10H,2-9H2,1H3. The number of carbonyl (C=O) groups is 1. The second-order valence-electron chi connectivity index (χ2n) is 4.47. The molecule has 1 aliphatic rings. The van der Waals surface area contributed by atoms with Crippen LogP contribution in [0.4, 0.5) is 0 Å². The van der Waals surface area contributed by atoms with Crippen molar-refractivity contribution in [1.82, 2.24) is 9.88 Å². The Kier molecular flexibility index (Phi) is 5.20. The maximum absolute atomic E-state index is 11.4. The van der Waals surface area contributed by atoms with Crippen LogP contribution >= 0.6 is 0 Å². The van der Waals surface area contributed by atoms with Gasteiger partial charge in [-0.25, -0.2) is 4.79 Å². The molecule has 0 amide bonds. The smallest absolute Gasteiger partial charge is 0.394 e. The number of carbonyl (C=O) groups excluding carboxylic acids is 1. The molecule has 0 saturated carbocycles. The average Bonchev–Trinajstić information content (AvgIpc) is 2.89. The predicted octanol–water partition coefficient (Wildman–Crippen LogP) is 1.72. The molecule has 1 aliphatic heterocycles. The van der Waals surface area contributed by atoms with Crippen LogP contribution in [-0.2, 0) is 4.74 Å². The van der Waals surface area contributed by atoms with Gasteiger partial charge < -0.3 is 13.9 Å². The summed E-state index contributed by atoms with van der Waals surface area (Å²) in [7, 11) is 0. The Morgan fingerprint density at radius 3 is 2.95 bits per heavy atom. The minimum atomic E-state index is -0.489. The first-order chi connectivity index (χ1) is 9.29. The highest BCUT2D eigenvalue weighted by molar-refractivity contribution is 5.86. The molecule has 2 heterocycles. The second kappa shape index (κ2) is 7.13. The lowest BCUT2D eigenvalue weighted by atomic mass is 10.1. The molecule has 6 nitrogen and oxygen atoms in total. The molecule has 0 radical (unpaired) electrons. The second-order valence-corrected chi connectivity index (χ2v) is 4.47. The van der Waals surface area contributed by atoms with E-state index in [9.17, 15) is 4.79 Å². The first-order valence-corrected chi connectivity index (χ1v) is 6.77. The number of likely N-dealkylation sites (tertiary alicyclic amines) is 1. The molecule has 0 bridgehead atoms. The number of hydrogen-bond acceptors (Lipinski definition) is 6. The molecular formula is C13H20N2O4. The highest BCUT2D eigenvalue weighted by atomic mass is 16.6. The molecular weight excluding hydrogens is 248 g/mol. The molecule has 1 fully saturated rings. The van der Waals surface area contributed by atoms with Crippen LogP contribution in [0.2, 0.25) is 0 Å². The number of esters is 1. The summed E-state index contributed by atoms with van der Waals surface area (Å²) >= 11 is 0. The van der Waals surface area contributed by atoms with Crippen molar-refractivity contribution in [3.63, 3.8) is 0 Å². The minimum Gasteiger partial charge on any atom is -0.461 e. The van der Waals surface area contributed by atoms with Gasteiger partial charge in [0, 0.05) is 6.54 Å². The van der Waals surface area contributed by atoms with Gasteiger partial charge in [0.2, 0.25) is 0 Å². The van der Waals surface area contributed by atoms with Gasteiger partial charge in [0.25, 0.3) is 0 Å². The van der Waals surface area contributed by atoms with E-state index in [0.717, 1.165) is 19.6 Å². The molecule has 1 aromatic rings. The van der Waals surface area contributed by atoms with E-state index in [1.807, 2.05) is 0 Å². The Hall–Kier alpha value is -1.56. The van der Waals surface area contributed by atoms with Crippen LogP contribution in [0.3, 0.4) is 0 Å². The van der Waals surface area contributed by atoms with E-state index in [4.69, 9.17) is 13.9 Å². The van der Waals surface area contributed by atoms with E-state index < -0.39 is 5.97 Å². The summed E-state index contributed by atoms with van der Waals surface area (Å²) in [6.45, 7) is 5.69. The third-order valence-electron chi connectivity index (χ3n) is 3.05. The summed E-state index contributed by atoms with van der Waals surface area (Å²) < 4.78 is 15.3. The van der Waals surface area contributed by atoms with Crippen LogP contribution in [-0.4, -0.2) is 48.7 Å². The molecule has 0 unspecified atom stereocenters. The van der Waals surface area contributed by atoms with Crippen molar-refractivity contribution in [1.29, 1.82) is 0 Å². The number of aromatic nitrogens is 1. The third-order valence-corrected chi connectivity index (χ3v) is 3.05. The largest absolute Gasteiger partial charge is 0.461 e. The maximum Gasteiger partial charge on any atom is 0.394 e. The summed E-state index contributed by atoms with van der Waals surface area (Å²) in [5, 5.41) is 0. The number of nitrogens with zero attached hydrogens (tertiary/aromatic N) is 2. The van der Waals surface area contributed by atoms with Crippen LogP contribution < -0.4 is 4.74 Å². The molecule has 19 heavy (non-hydrogen) atoms. The number of piperidine rings is 1. The molecule has 106 valence electrons. The zero-order valence-electron chi connectivity index (χ0n) is 11.3. The molecule has 0 atom stereocenters. The van der Waals surface area contributed by atoms with E-state index in [2.05, 4.69) is 9.88 Å². The minimum absolute atomic E-state index is 0.125. The van der Waals surface area contributed by atoms with Crippen molar-refractivity contribution in [3.05, 3.63) is 12.0 Å². The van der Waals surface area contributed by atoms with Gasteiger partial charge in [-0.2, -0.15) is 4.98 Å². The molecule has 0 aromatic carbocycles. The van der Waals surface area contributed by atoms with Crippen LogP contribution in [0.15, 0.2) is 10.7 Å². The first kappa shape index (κ1) is 13.9. The Bertz CT molecular complexity index is 399. The highest BCUT2D eigenvalue weighted by Gasteiger charge is 2.14. The number of oxazole rings is 1. The molecule has 6 heteroatoms. The van der Waals surface area contributed by atoms with Crippen molar-refractivity contribution in [3.8, 4) is 6.08 Å². The number of rotatable bonds is 6. The van der Waals surface area contributed by atoms with E-state index in [0.29, 0.717) is 13.2 Å².